The molecule has 0 aromatic heterocycles. The summed E-state index contributed by atoms with van der Waals surface area (Å²) in [6, 6.07) is 13.8. The highest BCUT2D eigenvalue weighted by molar-refractivity contribution is 6.22. The number of ether oxygens (including phenoxy) is 2. The Hall–Kier alpha value is -3.36. The summed E-state index contributed by atoms with van der Waals surface area (Å²) < 4.78 is 11.8. The molecule has 2 aromatic carbocycles. The molecule has 3 fully saturated rings. The van der Waals surface area contributed by atoms with Gasteiger partial charge in [0.25, 0.3) is 23.6 Å². The fraction of sp³-hybridized carbons (Fsp3) is 0.429. The molecule has 1 atom stereocenters. The van der Waals surface area contributed by atoms with Crippen molar-refractivity contribution in [2.45, 2.75) is 19.3 Å². The van der Waals surface area contributed by atoms with Crippen molar-refractivity contribution in [3.05, 3.63) is 70.8 Å². The zero-order valence-electron chi connectivity index (χ0n) is 20.0. The van der Waals surface area contributed by atoms with E-state index in [0.717, 1.165) is 19.3 Å². The van der Waals surface area contributed by atoms with Gasteiger partial charge < -0.3 is 9.47 Å². The zero-order valence-corrected chi connectivity index (χ0v) is 20.0. The summed E-state index contributed by atoms with van der Waals surface area (Å²) in [7, 11) is 0. The van der Waals surface area contributed by atoms with Crippen LogP contribution in [-0.4, -0.2) is 72.9 Å². The molecular formula is C28H28N2O6. The number of carbonyl (C=O) groups excluding carboxylic acids is 4. The molecule has 2 aliphatic heterocycles. The van der Waals surface area contributed by atoms with Crippen molar-refractivity contribution in [1.82, 2.24) is 9.80 Å². The lowest BCUT2D eigenvalue weighted by Gasteiger charge is -2.38. The summed E-state index contributed by atoms with van der Waals surface area (Å²) in [5, 5.41) is 0. The van der Waals surface area contributed by atoms with E-state index < -0.39 is 0 Å². The molecule has 0 saturated heterocycles. The SMILES string of the molecule is O=C1c2ccccc2C(=O)N1CCOCC1CC2(COCCN3C(=O)c4ccccc4C3=O)CC1C2. The molecule has 3 saturated carbocycles. The molecule has 0 spiro atoms. The van der Waals surface area contributed by atoms with Crippen molar-refractivity contribution < 1.29 is 28.7 Å². The van der Waals surface area contributed by atoms with E-state index in [4.69, 9.17) is 9.47 Å². The third-order valence-corrected chi connectivity index (χ3v) is 8.17. The number of nitrogens with zero attached hydrogens (tertiary/aromatic N) is 2. The van der Waals surface area contributed by atoms with Crippen LogP contribution in [0.3, 0.4) is 0 Å². The van der Waals surface area contributed by atoms with E-state index >= 15 is 0 Å². The molecule has 8 nitrogen and oxygen atoms in total. The van der Waals surface area contributed by atoms with Crippen LogP contribution < -0.4 is 0 Å². The van der Waals surface area contributed by atoms with Gasteiger partial charge in [0.1, 0.15) is 0 Å². The Bertz CT molecular complexity index is 1180. The molecule has 5 aliphatic rings. The van der Waals surface area contributed by atoms with E-state index in [9.17, 15) is 19.2 Å². The Balaban J connectivity index is 0.910. The highest BCUT2D eigenvalue weighted by atomic mass is 16.5. The Labute approximate surface area is 209 Å². The van der Waals surface area contributed by atoms with Crippen molar-refractivity contribution in [3.8, 4) is 0 Å². The first-order valence-electron chi connectivity index (χ1n) is 12.5. The first kappa shape index (κ1) is 23.1. The van der Waals surface area contributed by atoms with E-state index in [2.05, 4.69) is 0 Å². The molecule has 0 N–H and O–H groups in total. The van der Waals surface area contributed by atoms with Gasteiger partial charge >= 0.3 is 0 Å². The predicted octanol–water partition coefficient (Wildman–Crippen LogP) is 3.03. The average molecular weight is 489 g/mol. The fourth-order valence-corrected chi connectivity index (χ4v) is 6.37. The van der Waals surface area contributed by atoms with Crippen molar-refractivity contribution >= 4 is 23.6 Å². The summed E-state index contributed by atoms with van der Waals surface area (Å²) in [5.41, 5.74) is 2.01. The highest BCUT2D eigenvalue weighted by Gasteiger charge is 2.55. The lowest BCUT2D eigenvalue weighted by atomic mass is 9.70. The van der Waals surface area contributed by atoms with Gasteiger partial charge in [0.05, 0.1) is 55.2 Å². The van der Waals surface area contributed by atoms with Gasteiger partial charge in [-0.15, -0.1) is 0 Å². The van der Waals surface area contributed by atoms with Gasteiger partial charge in [-0.1, -0.05) is 24.3 Å². The molecular weight excluding hydrogens is 460 g/mol. The molecule has 2 heterocycles. The second-order valence-electron chi connectivity index (χ2n) is 10.4. The van der Waals surface area contributed by atoms with Crippen molar-refractivity contribution in [3.63, 3.8) is 0 Å². The van der Waals surface area contributed by atoms with Gasteiger partial charge in [0, 0.05) is 6.61 Å². The molecule has 2 aromatic rings. The summed E-state index contributed by atoms with van der Waals surface area (Å²) in [4.78, 5) is 52.4. The maximum Gasteiger partial charge on any atom is 0.261 e. The van der Waals surface area contributed by atoms with Crippen LogP contribution in [0.15, 0.2) is 48.5 Å². The number of hydrogen-bond acceptors (Lipinski definition) is 6. The van der Waals surface area contributed by atoms with Gasteiger partial charge in [0.15, 0.2) is 0 Å². The van der Waals surface area contributed by atoms with E-state index in [-0.39, 0.29) is 42.1 Å². The van der Waals surface area contributed by atoms with Crippen molar-refractivity contribution in [1.29, 1.82) is 0 Å². The van der Waals surface area contributed by atoms with Gasteiger partial charge in [-0.3, -0.25) is 29.0 Å². The van der Waals surface area contributed by atoms with Crippen LogP contribution in [0.25, 0.3) is 0 Å². The third-order valence-electron chi connectivity index (χ3n) is 8.17. The fourth-order valence-electron chi connectivity index (χ4n) is 6.37. The Morgan fingerprint density at radius 2 is 1.11 bits per heavy atom. The number of amides is 4. The smallest absolute Gasteiger partial charge is 0.261 e. The quantitative estimate of drug-likeness (QED) is 0.377. The van der Waals surface area contributed by atoms with Crippen LogP contribution in [-0.2, 0) is 9.47 Å². The summed E-state index contributed by atoms with van der Waals surface area (Å²) in [5.74, 6) is 0.0659. The number of benzene rings is 2. The minimum Gasteiger partial charge on any atom is -0.379 e. The summed E-state index contributed by atoms with van der Waals surface area (Å²) in [6.07, 6.45) is 3.23. The lowest BCUT2D eigenvalue weighted by molar-refractivity contribution is -0.00397. The van der Waals surface area contributed by atoms with E-state index in [1.807, 2.05) is 0 Å². The van der Waals surface area contributed by atoms with Crippen molar-refractivity contribution in [2.75, 3.05) is 39.5 Å². The molecule has 2 bridgehead atoms. The Morgan fingerprint density at radius 3 is 1.58 bits per heavy atom. The number of hydrogen-bond donors (Lipinski definition) is 0. The molecule has 1 unspecified atom stereocenters. The van der Waals surface area contributed by atoms with E-state index in [0.29, 0.717) is 60.5 Å². The molecule has 4 amide bonds. The zero-order chi connectivity index (χ0) is 24.9. The Kier molecular flexibility index (Phi) is 5.73. The molecule has 36 heavy (non-hydrogen) atoms. The van der Waals surface area contributed by atoms with E-state index in [1.165, 1.54) is 9.80 Å². The number of imide groups is 2. The molecule has 0 radical (unpaired) electrons. The first-order chi connectivity index (χ1) is 17.5. The monoisotopic (exact) mass is 488 g/mol. The van der Waals surface area contributed by atoms with Crippen LogP contribution in [0.2, 0.25) is 0 Å². The molecule has 8 heteroatoms. The second kappa shape index (κ2) is 8.94. The lowest BCUT2D eigenvalue weighted by Crippen LogP contribution is -2.36. The number of fused-ring (bicyclic) bond motifs is 3. The second-order valence-corrected chi connectivity index (χ2v) is 10.4. The van der Waals surface area contributed by atoms with E-state index in [1.54, 1.807) is 48.5 Å². The minimum atomic E-state index is -0.250. The van der Waals surface area contributed by atoms with Gasteiger partial charge in [-0.05, 0) is 60.8 Å². The first-order valence-corrected chi connectivity index (χ1v) is 12.5. The van der Waals surface area contributed by atoms with Crippen LogP contribution >= 0.6 is 0 Å². The Morgan fingerprint density at radius 1 is 0.667 bits per heavy atom. The van der Waals surface area contributed by atoms with Crippen LogP contribution in [0.5, 0.6) is 0 Å². The number of rotatable bonds is 10. The van der Waals surface area contributed by atoms with Gasteiger partial charge in [-0.25, -0.2) is 0 Å². The summed E-state index contributed by atoms with van der Waals surface area (Å²) >= 11 is 0. The molecule has 186 valence electrons. The summed E-state index contributed by atoms with van der Waals surface area (Å²) in [6.45, 7) is 2.42. The normalized spacial score (nSPS) is 26.0. The average Bonchev–Trinajstić information content (AvgIpc) is 3.55. The van der Waals surface area contributed by atoms with Gasteiger partial charge in [0.2, 0.25) is 0 Å². The van der Waals surface area contributed by atoms with Gasteiger partial charge in [-0.2, -0.15) is 0 Å². The molecule has 3 aliphatic carbocycles. The highest BCUT2D eigenvalue weighted by Crippen LogP contribution is 2.61. The van der Waals surface area contributed by atoms with Crippen LogP contribution in [0, 0.1) is 17.3 Å². The topological polar surface area (TPSA) is 93.2 Å². The van der Waals surface area contributed by atoms with Crippen LogP contribution in [0.1, 0.15) is 60.7 Å². The molecule has 7 rings (SSSR count). The predicted molar refractivity (Wildman–Crippen MR) is 129 cm³/mol. The maximum absolute atomic E-state index is 12.5. The number of carbonyl (C=O) groups is 4. The largest absolute Gasteiger partial charge is 0.379 e. The third kappa shape index (κ3) is 3.76. The minimum absolute atomic E-state index is 0.156. The van der Waals surface area contributed by atoms with Crippen molar-refractivity contribution in [2.24, 2.45) is 17.3 Å². The standard InChI is InChI=1S/C28H28N2O6/c31-24-20-5-1-2-6-21(20)25(32)29(24)9-11-35-16-19-15-28(13-18(19)14-28)17-36-12-10-30-26(33)22-7-3-4-8-23(22)27(30)34/h1-8,18-19H,9-17H2. The maximum atomic E-state index is 12.5. The van der Waals surface area contributed by atoms with Crippen LogP contribution in [0.4, 0.5) is 0 Å².